The molecule has 1 N–H and O–H groups in total. The predicted octanol–water partition coefficient (Wildman–Crippen LogP) is 4.00. The number of ether oxygens (including phenoxy) is 2. The summed E-state index contributed by atoms with van der Waals surface area (Å²) < 4.78 is 13.0. The number of hydrogen-bond donors (Lipinski definition) is 1. The highest BCUT2D eigenvalue weighted by molar-refractivity contribution is 5.87. The molecule has 8 heteroatoms. The van der Waals surface area contributed by atoms with Gasteiger partial charge in [0.1, 0.15) is 11.5 Å². The molecule has 8 nitrogen and oxygen atoms in total. The fourth-order valence-corrected chi connectivity index (χ4v) is 4.00. The Labute approximate surface area is 183 Å². The maximum absolute atomic E-state index is 12.8. The lowest BCUT2D eigenvalue weighted by atomic mass is 9.82. The average Bonchev–Trinajstić information content (AvgIpc) is 3.08. The molecule has 0 aromatic carbocycles. The molecule has 2 aromatic heterocycles. The smallest absolute Gasteiger partial charge is 0.356 e. The van der Waals surface area contributed by atoms with Crippen LogP contribution in [0.4, 0.5) is 5.82 Å². The molecule has 0 amide bonds. The second-order valence-corrected chi connectivity index (χ2v) is 10.0. The molecule has 3 rings (SSSR count). The van der Waals surface area contributed by atoms with E-state index in [0.29, 0.717) is 11.2 Å². The van der Waals surface area contributed by atoms with Gasteiger partial charge >= 0.3 is 11.9 Å². The molecule has 0 radical (unpaired) electrons. The number of esters is 1. The van der Waals surface area contributed by atoms with Gasteiger partial charge in [-0.05, 0) is 57.6 Å². The number of piperidine rings is 1. The minimum absolute atomic E-state index is 0.0403. The fourth-order valence-electron chi connectivity index (χ4n) is 4.00. The van der Waals surface area contributed by atoms with Crippen molar-refractivity contribution in [1.82, 2.24) is 9.38 Å². The number of carboxylic acid groups (broad SMARTS) is 1. The van der Waals surface area contributed by atoms with Crippen LogP contribution in [-0.4, -0.2) is 52.2 Å². The Kier molecular flexibility index (Phi) is 6.06. The normalized spacial score (nSPS) is 17.6. The summed E-state index contributed by atoms with van der Waals surface area (Å²) >= 11 is 0. The number of rotatable bonds is 5. The zero-order valence-electron chi connectivity index (χ0n) is 19.5. The van der Waals surface area contributed by atoms with Crippen LogP contribution in [0.5, 0.6) is 0 Å². The van der Waals surface area contributed by atoms with Crippen LogP contribution in [0.1, 0.15) is 75.2 Å². The highest BCUT2D eigenvalue weighted by Crippen LogP contribution is 2.39. The summed E-state index contributed by atoms with van der Waals surface area (Å²) in [6.45, 7) is 13.6. The molecule has 1 saturated heterocycles. The van der Waals surface area contributed by atoms with Crippen LogP contribution in [0.25, 0.3) is 5.65 Å². The number of aromatic nitrogens is 2. The highest BCUT2D eigenvalue weighted by Gasteiger charge is 2.36. The monoisotopic (exact) mass is 431 g/mol. The summed E-state index contributed by atoms with van der Waals surface area (Å²) in [6, 6.07) is 1.79. The van der Waals surface area contributed by atoms with E-state index in [9.17, 15) is 14.7 Å². The topological polar surface area (TPSA) is 93.4 Å². The van der Waals surface area contributed by atoms with Gasteiger partial charge in [-0.2, -0.15) is 0 Å². The lowest BCUT2D eigenvalue weighted by molar-refractivity contribution is -0.164. The Bertz CT molecular complexity index is 993. The van der Waals surface area contributed by atoms with Crippen LogP contribution in [-0.2, 0) is 14.3 Å². The number of carbonyl (C=O) groups is 2. The second-order valence-electron chi connectivity index (χ2n) is 10.0. The maximum atomic E-state index is 12.8. The summed E-state index contributed by atoms with van der Waals surface area (Å²) in [5.41, 5.74) is 1.60. The van der Waals surface area contributed by atoms with E-state index in [1.807, 2.05) is 27.7 Å². The van der Waals surface area contributed by atoms with E-state index >= 15 is 0 Å². The molecule has 0 spiro atoms. The van der Waals surface area contributed by atoms with Gasteiger partial charge in [0.25, 0.3) is 0 Å². The van der Waals surface area contributed by atoms with Crippen LogP contribution in [0.3, 0.4) is 0 Å². The minimum Gasteiger partial charge on any atom is -0.476 e. The van der Waals surface area contributed by atoms with Gasteiger partial charge < -0.3 is 19.5 Å². The third-order valence-corrected chi connectivity index (χ3v) is 5.76. The van der Waals surface area contributed by atoms with E-state index in [-0.39, 0.29) is 11.1 Å². The SMILES string of the molecule is COC(=O)C(OC(C)(C)C)c1c(C)cc2nc(C(=O)O)cn2c1N1CCC(C)(C)CC1. The zero-order chi connectivity index (χ0) is 23.1. The quantitative estimate of drug-likeness (QED) is 0.715. The number of aryl methyl sites for hydroxylation is 1. The number of aromatic carboxylic acids is 1. The summed E-state index contributed by atoms with van der Waals surface area (Å²) in [7, 11) is 1.35. The van der Waals surface area contributed by atoms with E-state index < -0.39 is 23.6 Å². The number of hydrogen-bond acceptors (Lipinski definition) is 6. The molecule has 0 saturated carbocycles. The number of fused-ring (bicyclic) bond motifs is 1. The Morgan fingerprint density at radius 1 is 1.23 bits per heavy atom. The van der Waals surface area contributed by atoms with Gasteiger partial charge in [-0.15, -0.1) is 0 Å². The van der Waals surface area contributed by atoms with Crippen molar-refractivity contribution in [3.8, 4) is 0 Å². The van der Waals surface area contributed by atoms with Crippen LogP contribution in [0.2, 0.25) is 0 Å². The van der Waals surface area contributed by atoms with Crippen molar-refractivity contribution in [2.75, 3.05) is 25.1 Å². The first kappa shape index (κ1) is 23.1. The van der Waals surface area contributed by atoms with Gasteiger partial charge in [-0.25, -0.2) is 14.6 Å². The Balaban J connectivity index is 2.26. The fraction of sp³-hybridized carbons (Fsp3) is 0.609. The number of carbonyl (C=O) groups excluding carboxylic acids is 1. The van der Waals surface area contributed by atoms with Crippen molar-refractivity contribution in [3.05, 3.63) is 29.1 Å². The third kappa shape index (κ3) is 4.84. The molecular weight excluding hydrogens is 398 g/mol. The first-order valence-corrected chi connectivity index (χ1v) is 10.6. The Hall–Kier alpha value is -2.61. The average molecular weight is 432 g/mol. The number of pyridine rings is 1. The lowest BCUT2D eigenvalue weighted by Gasteiger charge is -2.40. The number of nitrogens with zero attached hydrogens (tertiary/aromatic N) is 3. The molecule has 0 aliphatic carbocycles. The van der Waals surface area contributed by atoms with E-state index in [1.165, 1.54) is 13.3 Å². The first-order chi connectivity index (χ1) is 14.3. The molecule has 31 heavy (non-hydrogen) atoms. The van der Waals surface area contributed by atoms with Crippen LogP contribution >= 0.6 is 0 Å². The standard InChI is InChI=1S/C23H33N3O5/c1-14-12-16-24-15(20(27)28)13-26(16)19(25-10-8-23(5,6)9-11-25)17(14)18(21(29)30-7)31-22(2,3)4/h12-13,18H,8-11H2,1-7H3,(H,27,28). The zero-order valence-corrected chi connectivity index (χ0v) is 19.5. The van der Waals surface area contributed by atoms with E-state index in [4.69, 9.17) is 9.47 Å². The van der Waals surface area contributed by atoms with Gasteiger partial charge in [0.15, 0.2) is 11.8 Å². The molecule has 1 aliphatic rings. The number of anilines is 1. The van der Waals surface area contributed by atoms with Crippen molar-refractivity contribution < 1.29 is 24.2 Å². The van der Waals surface area contributed by atoms with Gasteiger partial charge in [-0.1, -0.05) is 13.8 Å². The molecule has 1 fully saturated rings. The summed E-state index contributed by atoms with van der Waals surface area (Å²) in [5, 5.41) is 9.49. The molecule has 3 heterocycles. The van der Waals surface area contributed by atoms with Crippen molar-refractivity contribution in [2.45, 2.75) is 66.1 Å². The van der Waals surface area contributed by atoms with Crippen LogP contribution < -0.4 is 4.90 Å². The predicted molar refractivity (Wildman–Crippen MR) is 118 cm³/mol. The second kappa shape index (κ2) is 8.15. The summed E-state index contributed by atoms with van der Waals surface area (Å²) in [5.74, 6) is -0.844. The molecule has 2 aromatic rings. The maximum Gasteiger partial charge on any atom is 0.356 e. The van der Waals surface area contributed by atoms with E-state index in [0.717, 1.165) is 37.3 Å². The van der Waals surface area contributed by atoms with Crippen LogP contribution in [0.15, 0.2) is 12.3 Å². The summed E-state index contributed by atoms with van der Waals surface area (Å²) in [6.07, 6.45) is 2.52. The molecule has 0 bridgehead atoms. The molecule has 1 unspecified atom stereocenters. The molecule has 1 atom stereocenters. The van der Waals surface area contributed by atoms with E-state index in [1.54, 1.807) is 10.5 Å². The minimum atomic E-state index is -1.09. The Morgan fingerprint density at radius 2 is 1.84 bits per heavy atom. The lowest BCUT2D eigenvalue weighted by Crippen LogP contribution is -2.40. The first-order valence-electron chi connectivity index (χ1n) is 10.6. The largest absolute Gasteiger partial charge is 0.476 e. The van der Waals surface area contributed by atoms with Crippen molar-refractivity contribution in [2.24, 2.45) is 5.41 Å². The van der Waals surface area contributed by atoms with Crippen molar-refractivity contribution in [3.63, 3.8) is 0 Å². The molecule has 1 aliphatic heterocycles. The van der Waals surface area contributed by atoms with Gasteiger partial charge in [0, 0.05) is 24.8 Å². The third-order valence-electron chi connectivity index (χ3n) is 5.76. The molecular formula is C23H33N3O5. The van der Waals surface area contributed by atoms with Crippen LogP contribution in [0, 0.1) is 12.3 Å². The van der Waals surface area contributed by atoms with E-state index in [2.05, 4.69) is 23.7 Å². The Morgan fingerprint density at radius 3 is 2.35 bits per heavy atom. The highest BCUT2D eigenvalue weighted by atomic mass is 16.6. The molecule has 170 valence electrons. The number of methoxy groups -OCH3 is 1. The van der Waals surface area contributed by atoms with Crippen molar-refractivity contribution >= 4 is 23.4 Å². The van der Waals surface area contributed by atoms with Crippen molar-refractivity contribution in [1.29, 1.82) is 0 Å². The van der Waals surface area contributed by atoms with Gasteiger partial charge in [-0.3, -0.25) is 4.40 Å². The van der Waals surface area contributed by atoms with Gasteiger partial charge in [0.2, 0.25) is 0 Å². The number of imidazole rings is 1. The van der Waals surface area contributed by atoms with Gasteiger partial charge in [0.05, 0.1) is 12.7 Å². The summed E-state index contributed by atoms with van der Waals surface area (Å²) in [4.78, 5) is 30.9. The number of carboxylic acids is 1.